The van der Waals surface area contributed by atoms with E-state index in [0.717, 1.165) is 47.4 Å². The highest BCUT2D eigenvalue weighted by atomic mass is 32.2. The van der Waals surface area contributed by atoms with Gasteiger partial charge in [-0.3, -0.25) is 13.8 Å². The largest absolute Gasteiger partial charge is 0.474 e. The summed E-state index contributed by atoms with van der Waals surface area (Å²) in [4.78, 5) is 18.3. The van der Waals surface area contributed by atoms with Gasteiger partial charge in [0.2, 0.25) is 11.7 Å². The van der Waals surface area contributed by atoms with Crippen LogP contribution in [0.1, 0.15) is 43.6 Å². The summed E-state index contributed by atoms with van der Waals surface area (Å²) >= 11 is 0. The Labute approximate surface area is 301 Å². The van der Waals surface area contributed by atoms with Crippen LogP contribution in [-0.2, 0) is 44.1 Å². The van der Waals surface area contributed by atoms with Gasteiger partial charge in [0.15, 0.2) is 0 Å². The van der Waals surface area contributed by atoms with E-state index in [1.54, 1.807) is 6.20 Å². The molecule has 0 radical (unpaired) electrons. The molecule has 19 heteroatoms. The molecule has 2 aliphatic rings. The van der Waals surface area contributed by atoms with Crippen LogP contribution in [0.2, 0.25) is 25.7 Å². The minimum absolute atomic E-state index is 0.200. The Balaban J connectivity index is 1.07. The highest BCUT2D eigenvalue weighted by Gasteiger charge is 2.48. The first-order valence-corrected chi connectivity index (χ1v) is 22.5. The summed E-state index contributed by atoms with van der Waals surface area (Å²) in [5, 5.41) is 15.4. The zero-order valence-corrected chi connectivity index (χ0v) is 31.3. The Morgan fingerprint density at radius 2 is 1.87 bits per heavy atom. The Bertz CT molecular complexity index is 2030. The van der Waals surface area contributed by atoms with E-state index in [-0.39, 0.29) is 30.1 Å². The van der Waals surface area contributed by atoms with E-state index < -0.39 is 42.3 Å². The zero-order chi connectivity index (χ0) is 37.3. The van der Waals surface area contributed by atoms with E-state index >= 15 is 0 Å². The van der Waals surface area contributed by atoms with E-state index in [0.29, 0.717) is 39.3 Å². The van der Waals surface area contributed by atoms with E-state index in [1.165, 1.54) is 12.4 Å². The van der Waals surface area contributed by atoms with Crippen molar-refractivity contribution in [2.45, 2.75) is 95.0 Å². The second kappa shape index (κ2) is 14.8. The van der Waals surface area contributed by atoms with Crippen molar-refractivity contribution >= 4 is 29.2 Å². The maximum absolute atomic E-state index is 13.5. The van der Waals surface area contributed by atoms with Crippen LogP contribution >= 0.6 is 0 Å². The number of halogens is 3. The zero-order valence-electron chi connectivity index (χ0n) is 29.5. The molecule has 14 nitrogen and oxygen atoms in total. The van der Waals surface area contributed by atoms with Crippen molar-refractivity contribution in [1.82, 2.24) is 39.2 Å². The molecule has 1 aliphatic carbocycles. The summed E-state index contributed by atoms with van der Waals surface area (Å²) < 4.78 is 83.4. The van der Waals surface area contributed by atoms with Crippen molar-refractivity contribution in [1.29, 1.82) is 5.26 Å². The van der Waals surface area contributed by atoms with Gasteiger partial charge in [0.1, 0.15) is 37.0 Å². The first-order valence-electron chi connectivity index (χ1n) is 17.0. The number of alkyl halides is 3. The fraction of sp³-hybridized carbons (Fsp3) is 0.576. The third-order valence-electron chi connectivity index (χ3n) is 9.41. The summed E-state index contributed by atoms with van der Waals surface area (Å²) in [6.07, 6.45) is 5.64. The molecule has 0 atom stereocenters. The number of hydrogen-bond acceptors (Lipinski definition) is 12. The Morgan fingerprint density at radius 1 is 1.12 bits per heavy atom. The summed E-state index contributed by atoms with van der Waals surface area (Å²) in [5.74, 6) is -1.71. The molecular weight excluding hydrogens is 720 g/mol. The van der Waals surface area contributed by atoms with Crippen LogP contribution in [0.25, 0.3) is 22.3 Å². The third kappa shape index (κ3) is 8.97. The highest BCUT2D eigenvalue weighted by molar-refractivity contribution is 7.85. The van der Waals surface area contributed by atoms with E-state index in [9.17, 15) is 26.9 Å². The van der Waals surface area contributed by atoms with Gasteiger partial charge in [0, 0.05) is 63.2 Å². The van der Waals surface area contributed by atoms with Crippen LogP contribution < -0.4 is 4.74 Å². The van der Waals surface area contributed by atoms with Crippen molar-refractivity contribution < 1.29 is 35.2 Å². The second-order valence-corrected chi connectivity index (χ2v) is 22.0. The maximum atomic E-state index is 13.5. The number of likely N-dealkylation sites (tertiary alicyclic amines) is 1. The topological polar surface area (TPSA) is 163 Å². The first-order chi connectivity index (χ1) is 24.5. The molecule has 0 amide bonds. The molecule has 1 aliphatic heterocycles. The molecule has 0 N–H and O–H groups in total. The van der Waals surface area contributed by atoms with Gasteiger partial charge in [-0.25, -0.2) is 15.0 Å². The number of ether oxygens (including phenoxy) is 2. The van der Waals surface area contributed by atoms with Gasteiger partial charge in [0.25, 0.3) is 10.1 Å². The fourth-order valence-corrected chi connectivity index (χ4v) is 7.73. The molecule has 4 aromatic heterocycles. The van der Waals surface area contributed by atoms with Gasteiger partial charge in [0.05, 0.1) is 36.3 Å². The van der Waals surface area contributed by atoms with Gasteiger partial charge in [-0.1, -0.05) is 19.6 Å². The van der Waals surface area contributed by atoms with Gasteiger partial charge in [-0.05, 0) is 37.8 Å². The number of fused-ring (bicyclic) bond motifs is 1. The average molecular weight is 762 g/mol. The number of rotatable bonds is 14. The normalized spacial score (nSPS) is 19.7. The molecule has 5 heterocycles. The lowest BCUT2D eigenvalue weighted by Crippen LogP contribution is -2.65. The first kappa shape index (κ1) is 37.8. The number of nitrogens with zero attached hydrogens (tertiary/aromatic N) is 9. The number of hydrogen-bond donors (Lipinski definition) is 0. The molecule has 1 saturated carbocycles. The standard InChI is InChI=1S/C33H42F3N9O5SSi/c1-51(46,47)49-18-24-15-28(42-31(41-24)33(34,35)36)50-26-7-5-25(6-8-26)44-19-32(20-44,10-11-37)45-17-23(16-40-45)29-27-9-12-43(30(27)39-21-38-29)22-48-13-14-52(2,3)4/h9,12,15-17,21,25-26H,5-8,10,13-14,18-20,22H2,1-4H3/t25-,26+. The van der Waals surface area contributed by atoms with Crippen molar-refractivity contribution in [3.8, 4) is 23.2 Å². The van der Waals surface area contributed by atoms with Crippen LogP contribution in [0.15, 0.2) is 37.1 Å². The minimum atomic E-state index is -4.85. The second-order valence-electron chi connectivity index (χ2n) is 14.8. The monoisotopic (exact) mass is 761 g/mol. The fourth-order valence-electron chi connectivity index (χ4n) is 6.64. The van der Waals surface area contributed by atoms with Crippen molar-refractivity contribution in [3.05, 3.63) is 48.6 Å². The van der Waals surface area contributed by atoms with Gasteiger partial charge >= 0.3 is 6.18 Å². The predicted octanol–water partition coefficient (Wildman–Crippen LogP) is 5.21. The molecule has 2 fully saturated rings. The lowest BCUT2D eigenvalue weighted by Gasteiger charge is -2.53. The van der Waals surface area contributed by atoms with E-state index in [2.05, 4.69) is 54.7 Å². The quantitative estimate of drug-likeness (QED) is 0.0939. The van der Waals surface area contributed by atoms with Gasteiger partial charge < -0.3 is 14.0 Å². The van der Waals surface area contributed by atoms with Crippen LogP contribution in [-0.4, -0.2) is 93.8 Å². The van der Waals surface area contributed by atoms with Crippen molar-refractivity contribution in [2.24, 2.45) is 0 Å². The molecule has 0 bridgehead atoms. The Kier molecular flexibility index (Phi) is 10.8. The molecule has 4 aromatic rings. The van der Waals surface area contributed by atoms with Crippen LogP contribution in [0.4, 0.5) is 13.2 Å². The molecular formula is C33H42F3N9O5SSi. The summed E-state index contributed by atoms with van der Waals surface area (Å²) in [6.45, 7) is 8.63. The van der Waals surface area contributed by atoms with Crippen molar-refractivity contribution in [2.75, 3.05) is 26.0 Å². The van der Waals surface area contributed by atoms with Crippen molar-refractivity contribution in [3.63, 3.8) is 0 Å². The van der Waals surface area contributed by atoms with Gasteiger partial charge in [-0.15, -0.1) is 0 Å². The van der Waals surface area contributed by atoms with E-state index in [4.69, 9.17) is 14.6 Å². The third-order valence-corrected chi connectivity index (χ3v) is 11.7. The Morgan fingerprint density at radius 3 is 2.54 bits per heavy atom. The predicted molar refractivity (Wildman–Crippen MR) is 186 cm³/mol. The molecule has 0 unspecified atom stereocenters. The average Bonchev–Trinajstić information content (AvgIpc) is 3.71. The smallest absolute Gasteiger partial charge is 0.451 e. The summed E-state index contributed by atoms with van der Waals surface area (Å²) in [7, 11) is -5.09. The molecule has 52 heavy (non-hydrogen) atoms. The minimum Gasteiger partial charge on any atom is -0.474 e. The lowest BCUT2D eigenvalue weighted by atomic mass is 9.82. The summed E-state index contributed by atoms with van der Waals surface area (Å²) in [6, 6.07) is 6.77. The van der Waals surface area contributed by atoms with Gasteiger partial charge in [-0.2, -0.15) is 36.9 Å². The number of nitriles is 1. The van der Waals surface area contributed by atoms with Crippen LogP contribution in [0.5, 0.6) is 5.88 Å². The molecule has 0 aromatic carbocycles. The summed E-state index contributed by atoms with van der Waals surface area (Å²) in [5.41, 5.74) is 1.58. The Hall–Kier alpha value is -3.96. The SMILES string of the molecule is C[Si](C)(C)CCOCn1ccc2c(-c3cnn(C4(CC#N)CN([C@H]5CC[C@@H](Oc6cc(COS(C)(=O)=O)nc(C(F)(F)F)n6)CC5)C4)c3)ncnc21. The molecule has 280 valence electrons. The van der Waals surface area contributed by atoms with Crippen LogP contribution in [0.3, 0.4) is 0 Å². The van der Waals surface area contributed by atoms with Crippen LogP contribution in [0, 0.1) is 11.3 Å². The maximum Gasteiger partial charge on any atom is 0.451 e. The molecule has 6 rings (SSSR count). The number of aromatic nitrogens is 7. The van der Waals surface area contributed by atoms with E-state index in [1.807, 2.05) is 27.7 Å². The molecule has 0 spiro atoms. The molecule has 1 saturated heterocycles. The highest BCUT2D eigenvalue weighted by Crippen LogP contribution is 2.39. The lowest BCUT2D eigenvalue weighted by molar-refractivity contribution is -0.145.